The number of nitrogens with one attached hydrogen (secondary N) is 1. The van der Waals surface area contributed by atoms with Crippen LogP contribution in [0.2, 0.25) is 5.02 Å². The van der Waals surface area contributed by atoms with Crippen LogP contribution in [0.4, 0.5) is 0 Å². The Balaban J connectivity index is 2.39. The fourth-order valence-electron chi connectivity index (χ4n) is 2.32. The Bertz CT molecular complexity index is 565. The highest BCUT2D eigenvalue weighted by molar-refractivity contribution is 6.31. The van der Waals surface area contributed by atoms with Gasteiger partial charge in [-0.1, -0.05) is 42.8 Å². The largest absolute Gasteiger partial charge is 0.305 e. The number of nitrogens with zero attached hydrogens (tertiary/aromatic N) is 3. The van der Waals surface area contributed by atoms with Crippen molar-refractivity contribution in [2.75, 3.05) is 6.54 Å². The van der Waals surface area contributed by atoms with Crippen molar-refractivity contribution in [3.05, 3.63) is 46.2 Å². The Hall–Kier alpha value is -1.39. The summed E-state index contributed by atoms with van der Waals surface area (Å²) in [5.74, 6) is 0. The molecule has 1 N–H and O–H groups in total. The van der Waals surface area contributed by atoms with Gasteiger partial charge in [-0.05, 0) is 37.1 Å². The Labute approximate surface area is 125 Å². The summed E-state index contributed by atoms with van der Waals surface area (Å²) >= 11 is 6.12. The molecule has 1 aromatic heterocycles. The number of benzene rings is 1. The minimum Gasteiger partial charge on any atom is -0.305 e. The smallest absolute Gasteiger partial charge is 0.0801 e. The van der Waals surface area contributed by atoms with E-state index in [1.54, 1.807) is 0 Å². The Morgan fingerprint density at radius 3 is 2.80 bits per heavy atom. The van der Waals surface area contributed by atoms with Crippen molar-refractivity contribution in [2.24, 2.45) is 0 Å². The third kappa shape index (κ3) is 3.19. The first-order chi connectivity index (χ1) is 9.67. The lowest BCUT2D eigenvalue weighted by atomic mass is 10.0. The van der Waals surface area contributed by atoms with Crippen LogP contribution in [0.25, 0.3) is 0 Å². The molecular weight excluding hydrogens is 272 g/mol. The van der Waals surface area contributed by atoms with Crippen molar-refractivity contribution in [3.8, 4) is 0 Å². The molecule has 0 saturated carbocycles. The van der Waals surface area contributed by atoms with E-state index in [1.165, 1.54) is 5.56 Å². The van der Waals surface area contributed by atoms with Crippen LogP contribution in [0.1, 0.15) is 43.1 Å². The molecule has 1 heterocycles. The molecule has 0 radical (unpaired) electrons. The first-order valence-corrected chi connectivity index (χ1v) is 7.43. The summed E-state index contributed by atoms with van der Waals surface area (Å²) < 4.78 is 1.97. The molecule has 20 heavy (non-hydrogen) atoms. The van der Waals surface area contributed by atoms with Crippen LogP contribution < -0.4 is 5.32 Å². The van der Waals surface area contributed by atoms with E-state index in [0.29, 0.717) is 0 Å². The number of aromatic nitrogens is 3. The molecule has 1 unspecified atom stereocenters. The zero-order valence-electron chi connectivity index (χ0n) is 12.2. The van der Waals surface area contributed by atoms with Crippen LogP contribution >= 0.6 is 11.6 Å². The minimum atomic E-state index is 0.0949. The summed E-state index contributed by atoms with van der Waals surface area (Å²) in [6.07, 6.45) is 2.88. The first kappa shape index (κ1) is 15.0. The van der Waals surface area contributed by atoms with Gasteiger partial charge in [-0.25, -0.2) is 4.68 Å². The summed E-state index contributed by atoms with van der Waals surface area (Å²) in [5.41, 5.74) is 3.37. The third-order valence-corrected chi connectivity index (χ3v) is 3.73. The molecule has 0 bridgehead atoms. The third-order valence-electron chi connectivity index (χ3n) is 3.30. The Morgan fingerprint density at radius 2 is 2.15 bits per heavy atom. The molecular formula is C15H21ClN4. The van der Waals surface area contributed by atoms with Crippen LogP contribution in [0.15, 0.2) is 24.4 Å². The van der Waals surface area contributed by atoms with Crippen molar-refractivity contribution in [1.82, 2.24) is 20.3 Å². The summed E-state index contributed by atoms with van der Waals surface area (Å²) in [6, 6.07) is 6.23. The molecule has 0 spiro atoms. The summed E-state index contributed by atoms with van der Waals surface area (Å²) in [4.78, 5) is 0. The van der Waals surface area contributed by atoms with E-state index >= 15 is 0 Å². The zero-order chi connectivity index (χ0) is 14.5. The van der Waals surface area contributed by atoms with Gasteiger partial charge < -0.3 is 5.32 Å². The molecule has 1 aromatic carbocycles. The lowest BCUT2D eigenvalue weighted by molar-refractivity contribution is 0.511. The van der Waals surface area contributed by atoms with Crippen molar-refractivity contribution >= 4 is 11.6 Å². The van der Waals surface area contributed by atoms with Gasteiger partial charge in [-0.3, -0.25) is 0 Å². The molecule has 2 aromatic rings. The lowest BCUT2D eigenvalue weighted by Gasteiger charge is -2.20. The van der Waals surface area contributed by atoms with Gasteiger partial charge in [-0.2, -0.15) is 0 Å². The number of hydrogen-bond acceptors (Lipinski definition) is 3. The molecule has 0 aliphatic rings. The Kier molecular flexibility index (Phi) is 5.15. The normalized spacial score (nSPS) is 12.6. The summed E-state index contributed by atoms with van der Waals surface area (Å²) in [5, 5.41) is 12.5. The molecule has 0 amide bonds. The minimum absolute atomic E-state index is 0.0949. The number of aryl methyl sites for hydroxylation is 2. The van der Waals surface area contributed by atoms with E-state index in [9.17, 15) is 0 Å². The molecule has 4 nitrogen and oxygen atoms in total. The second kappa shape index (κ2) is 6.86. The number of hydrogen-bond donors (Lipinski definition) is 1. The summed E-state index contributed by atoms with van der Waals surface area (Å²) in [7, 11) is 0. The zero-order valence-corrected chi connectivity index (χ0v) is 13.0. The highest BCUT2D eigenvalue weighted by Crippen LogP contribution is 2.25. The summed E-state index contributed by atoms with van der Waals surface area (Å²) in [6.45, 7) is 8.02. The van der Waals surface area contributed by atoms with Gasteiger partial charge in [-0.15, -0.1) is 5.10 Å². The SMILES string of the molecule is CCCn1nncc1C(NCC)c1ccc(Cl)c(C)c1. The van der Waals surface area contributed by atoms with Crippen molar-refractivity contribution in [1.29, 1.82) is 0 Å². The van der Waals surface area contributed by atoms with Crippen molar-refractivity contribution in [3.63, 3.8) is 0 Å². The van der Waals surface area contributed by atoms with Gasteiger partial charge in [0.2, 0.25) is 0 Å². The molecule has 0 saturated heterocycles. The van der Waals surface area contributed by atoms with E-state index in [2.05, 4.69) is 41.6 Å². The second-order valence-corrected chi connectivity index (χ2v) is 5.29. The fourth-order valence-corrected chi connectivity index (χ4v) is 2.44. The van der Waals surface area contributed by atoms with Crippen molar-refractivity contribution in [2.45, 2.75) is 39.8 Å². The number of halogens is 1. The average molecular weight is 293 g/mol. The molecule has 0 fully saturated rings. The predicted octanol–water partition coefficient (Wildman–Crippen LogP) is 3.35. The van der Waals surface area contributed by atoms with Crippen molar-refractivity contribution < 1.29 is 0 Å². The van der Waals surface area contributed by atoms with Gasteiger partial charge in [0, 0.05) is 11.6 Å². The Morgan fingerprint density at radius 1 is 1.35 bits per heavy atom. The quantitative estimate of drug-likeness (QED) is 0.888. The molecule has 0 aliphatic heterocycles. The van der Waals surface area contributed by atoms with Crippen LogP contribution in [-0.4, -0.2) is 21.5 Å². The van der Waals surface area contributed by atoms with Gasteiger partial charge in [0.15, 0.2) is 0 Å². The fraction of sp³-hybridized carbons (Fsp3) is 0.467. The van der Waals surface area contributed by atoms with Gasteiger partial charge in [0.05, 0.1) is 17.9 Å². The highest BCUT2D eigenvalue weighted by atomic mass is 35.5. The van der Waals surface area contributed by atoms with Gasteiger partial charge in [0.1, 0.15) is 0 Å². The first-order valence-electron chi connectivity index (χ1n) is 7.05. The van der Waals surface area contributed by atoms with Crippen LogP contribution in [0.5, 0.6) is 0 Å². The second-order valence-electron chi connectivity index (χ2n) is 4.88. The maximum atomic E-state index is 6.12. The van der Waals surface area contributed by atoms with Crippen LogP contribution in [0, 0.1) is 6.92 Å². The van der Waals surface area contributed by atoms with E-state index in [1.807, 2.05) is 23.9 Å². The topological polar surface area (TPSA) is 42.7 Å². The standard InChI is InChI=1S/C15H21ClN4/c1-4-8-20-14(10-18-19-20)15(17-5-2)12-6-7-13(16)11(3)9-12/h6-7,9-10,15,17H,4-5,8H2,1-3H3. The maximum Gasteiger partial charge on any atom is 0.0801 e. The monoisotopic (exact) mass is 292 g/mol. The average Bonchev–Trinajstić information content (AvgIpc) is 2.88. The van der Waals surface area contributed by atoms with Gasteiger partial charge >= 0.3 is 0 Å². The number of rotatable bonds is 6. The molecule has 5 heteroatoms. The maximum absolute atomic E-state index is 6.12. The predicted molar refractivity (Wildman–Crippen MR) is 82.0 cm³/mol. The molecule has 1 atom stereocenters. The highest BCUT2D eigenvalue weighted by Gasteiger charge is 2.18. The molecule has 0 aliphatic carbocycles. The molecule has 108 valence electrons. The van der Waals surface area contributed by atoms with Crippen LogP contribution in [0.3, 0.4) is 0 Å². The lowest BCUT2D eigenvalue weighted by Crippen LogP contribution is -2.25. The van der Waals surface area contributed by atoms with Gasteiger partial charge in [0.25, 0.3) is 0 Å². The van der Waals surface area contributed by atoms with E-state index in [-0.39, 0.29) is 6.04 Å². The van der Waals surface area contributed by atoms with Crippen LogP contribution in [-0.2, 0) is 6.54 Å². The molecule has 2 rings (SSSR count). The van der Waals surface area contributed by atoms with E-state index in [0.717, 1.165) is 35.8 Å². The van der Waals surface area contributed by atoms with E-state index < -0.39 is 0 Å². The van der Waals surface area contributed by atoms with E-state index in [4.69, 9.17) is 11.6 Å².